The van der Waals surface area contributed by atoms with Crippen LogP contribution in [-0.4, -0.2) is 15.3 Å². The van der Waals surface area contributed by atoms with E-state index in [2.05, 4.69) is 70.2 Å². The molecule has 40 heavy (non-hydrogen) atoms. The SMILES string of the molecule is CCc1cc(C(C)(CC)C2=CCC(C(C)(c3cc(C)c(O)c(C)c3)c3cc(C)c(O)c(C)c3)CC2)cc(C)c1O. The molecular formula is C37H48O3. The van der Waals surface area contributed by atoms with Crippen molar-refractivity contribution in [3.05, 3.63) is 98.1 Å². The molecule has 1 aliphatic carbocycles. The predicted octanol–water partition coefficient (Wildman–Crippen LogP) is 9.31. The van der Waals surface area contributed by atoms with Crippen LogP contribution >= 0.6 is 0 Å². The summed E-state index contributed by atoms with van der Waals surface area (Å²) in [4.78, 5) is 0. The van der Waals surface area contributed by atoms with E-state index in [1.165, 1.54) is 22.3 Å². The molecule has 3 heteroatoms. The van der Waals surface area contributed by atoms with Crippen LogP contribution in [0.5, 0.6) is 17.2 Å². The van der Waals surface area contributed by atoms with E-state index in [0.29, 0.717) is 23.2 Å². The van der Waals surface area contributed by atoms with Gasteiger partial charge in [-0.25, -0.2) is 0 Å². The van der Waals surface area contributed by atoms with Gasteiger partial charge in [-0.15, -0.1) is 0 Å². The summed E-state index contributed by atoms with van der Waals surface area (Å²) in [6, 6.07) is 13.0. The molecule has 0 spiro atoms. The molecule has 3 nitrogen and oxygen atoms in total. The second kappa shape index (κ2) is 11.0. The van der Waals surface area contributed by atoms with E-state index in [0.717, 1.165) is 65.5 Å². The number of phenols is 3. The minimum Gasteiger partial charge on any atom is -0.507 e. The topological polar surface area (TPSA) is 60.7 Å². The monoisotopic (exact) mass is 540 g/mol. The van der Waals surface area contributed by atoms with Gasteiger partial charge in [-0.3, -0.25) is 0 Å². The zero-order valence-corrected chi connectivity index (χ0v) is 26.0. The number of aromatic hydroxyl groups is 3. The van der Waals surface area contributed by atoms with Gasteiger partial charge >= 0.3 is 0 Å². The highest BCUT2D eigenvalue weighted by molar-refractivity contribution is 5.53. The van der Waals surface area contributed by atoms with Gasteiger partial charge in [0.25, 0.3) is 0 Å². The van der Waals surface area contributed by atoms with Gasteiger partial charge in [0.1, 0.15) is 17.2 Å². The first kappa shape index (κ1) is 29.8. The molecule has 0 aromatic heterocycles. The number of rotatable bonds is 7. The Bertz CT molecular complexity index is 1360. The van der Waals surface area contributed by atoms with Crippen molar-refractivity contribution in [3.63, 3.8) is 0 Å². The Hall–Kier alpha value is -3.20. The maximum absolute atomic E-state index is 10.6. The molecule has 3 N–H and O–H groups in total. The lowest BCUT2D eigenvalue weighted by Crippen LogP contribution is -2.36. The van der Waals surface area contributed by atoms with Gasteiger partial charge in [-0.05, 0) is 123 Å². The normalized spacial score (nSPS) is 17.4. The van der Waals surface area contributed by atoms with Crippen molar-refractivity contribution in [2.45, 2.75) is 105 Å². The molecule has 1 aliphatic rings. The van der Waals surface area contributed by atoms with E-state index in [9.17, 15) is 15.3 Å². The third kappa shape index (κ3) is 4.93. The largest absolute Gasteiger partial charge is 0.507 e. The summed E-state index contributed by atoms with van der Waals surface area (Å²) >= 11 is 0. The first-order valence-corrected chi connectivity index (χ1v) is 14.9. The highest BCUT2D eigenvalue weighted by Crippen LogP contribution is 2.50. The maximum atomic E-state index is 10.6. The van der Waals surface area contributed by atoms with E-state index in [4.69, 9.17) is 0 Å². The van der Waals surface area contributed by atoms with Gasteiger partial charge in [-0.1, -0.05) is 75.7 Å². The molecule has 0 fully saturated rings. The number of allylic oxidation sites excluding steroid dienone is 2. The average molecular weight is 541 g/mol. The highest BCUT2D eigenvalue weighted by Gasteiger charge is 2.41. The molecule has 214 valence electrons. The van der Waals surface area contributed by atoms with E-state index in [1.807, 2.05) is 34.6 Å². The van der Waals surface area contributed by atoms with Crippen molar-refractivity contribution in [3.8, 4) is 17.2 Å². The van der Waals surface area contributed by atoms with Crippen LogP contribution in [0.15, 0.2) is 48.0 Å². The maximum Gasteiger partial charge on any atom is 0.121 e. The molecule has 0 aliphatic heterocycles. The lowest BCUT2D eigenvalue weighted by atomic mass is 9.60. The molecule has 3 aromatic rings. The molecule has 0 saturated carbocycles. The van der Waals surface area contributed by atoms with Crippen molar-refractivity contribution >= 4 is 0 Å². The minimum atomic E-state index is -0.290. The Kier molecular flexibility index (Phi) is 8.18. The zero-order valence-electron chi connectivity index (χ0n) is 26.0. The Morgan fingerprint density at radius 3 is 1.52 bits per heavy atom. The standard InChI is InChI=1S/C37H48O3/c1-10-27-21-30(16-26(7)35(27)40)36(8,11-2)28-12-14-29(15-13-28)37(9,31-17-22(3)33(38)23(4)18-31)32-19-24(5)34(39)25(6)20-32/h12,16-21,29,38-40H,10-11,13-15H2,1-9H3. The average Bonchev–Trinajstić information content (AvgIpc) is 2.94. The van der Waals surface area contributed by atoms with E-state index in [-0.39, 0.29) is 10.8 Å². The zero-order chi connectivity index (χ0) is 29.6. The van der Waals surface area contributed by atoms with Crippen LogP contribution < -0.4 is 0 Å². The van der Waals surface area contributed by atoms with Crippen LogP contribution in [0.25, 0.3) is 0 Å². The van der Waals surface area contributed by atoms with E-state index in [1.54, 1.807) is 0 Å². The second-order valence-electron chi connectivity index (χ2n) is 12.7. The summed E-state index contributed by atoms with van der Waals surface area (Å²) in [5.41, 5.74) is 10.4. The lowest BCUT2D eigenvalue weighted by molar-refractivity contribution is 0.303. The first-order chi connectivity index (χ1) is 18.8. The Morgan fingerprint density at radius 1 is 0.675 bits per heavy atom. The van der Waals surface area contributed by atoms with E-state index >= 15 is 0 Å². The van der Waals surface area contributed by atoms with E-state index < -0.39 is 0 Å². The highest BCUT2D eigenvalue weighted by atomic mass is 16.3. The summed E-state index contributed by atoms with van der Waals surface area (Å²) in [7, 11) is 0. The molecule has 3 aromatic carbocycles. The van der Waals surface area contributed by atoms with Crippen LogP contribution in [0.1, 0.15) is 103 Å². The Balaban J connectivity index is 1.81. The van der Waals surface area contributed by atoms with Gasteiger partial charge in [0.05, 0.1) is 0 Å². The molecular weight excluding hydrogens is 492 g/mol. The van der Waals surface area contributed by atoms with Gasteiger partial charge in [-0.2, -0.15) is 0 Å². The number of hydrogen-bond acceptors (Lipinski definition) is 3. The molecule has 0 radical (unpaired) electrons. The minimum absolute atomic E-state index is 0.0822. The van der Waals surface area contributed by atoms with Crippen molar-refractivity contribution < 1.29 is 15.3 Å². The summed E-state index contributed by atoms with van der Waals surface area (Å²) in [5, 5.41) is 31.7. The third-order valence-electron chi connectivity index (χ3n) is 10.2. The fourth-order valence-electron chi connectivity index (χ4n) is 7.07. The molecule has 0 amide bonds. The molecule has 0 heterocycles. The molecule has 0 bridgehead atoms. The van der Waals surface area contributed by atoms with Crippen LogP contribution in [0.3, 0.4) is 0 Å². The van der Waals surface area contributed by atoms with Crippen LogP contribution in [-0.2, 0) is 17.3 Å². The van der Waals surface area contributed by atoms with Gasteiger partial charge in [0.15, 0.2) is 0 Å². The number of phenolic OH excluding ortho intramolecular Hbond substituents is 3. The summed E-state index contributed by atoms with van der Waals surface area (Å²) in [5.74, 6) is 1.52. The fraction of sp³-hybridized carbons (Fsp3) is 0.459. The molecule has 2 atom stereocenters. The number of benzene rings is 3. The first-order valence-electron chi connectivity index (χ1n) is 14.9. The summed E-state index contributed by atoms with van der Waals surface area (Å²) in [6.07, 6.45) is 7.32. The quantitative estimate of drug-likeness (QED) is 0.262. The van der Waals surface area contributed by atoms with Gasteiger partial charge in [0.2, 0.25) is 0 Å². The van der Waals surface area contributed by atoms with Gasteiger partial charge < -0.3 is 15.3 Å². The van der Waals surface area contributed by atoms with Crippen LogP contribution in [0.4, 0.5) is 0 Å². The summed E-state index contributed by atoms with van der Waals surface area (Å²) < 4.78 is 0. The van der Waals surface area contributed by atoms with Crippen molar-refractivity contribution in [1.29, 1.82) is 0 Å². The summed E-state index contributed by atoms with van der Waals surface area (Å²) in [6.45, 7) is 19.0. The third-order valence-corrected chi connectivity index (χ3v) is 10.2. The smallest absolute Gasteiger partial charge is 0.121 e. The molecule has 0 saturated heterocycles. The van der Waals surface area contributed by atoms with Crippen molar-refractivity contribution in [2.24, 2.45) is 5.92 Å². The second-order valence-corrected chi connectivity index (χ2v) is 12.7. The van der Waals surface area contributed by atoms with Crippen molar-refractivity contribution in [2.75, 3.05) is 0 Å². The Morgan fingerprint density at radius 2 is 1.12 bits per heavy atom. The van der Waals surface area contributed by atoms with Crippen molar-refractivity contribution in [1.82, 2.24) is 0 Å². The van der Waals surface area contributed by atoms with Crippen LogP contribution in [0.2, 0.25) is 0 Å². The number of hydrogen-bond donors (Lipinski definition) is 3. The fourth-order valence-corrected chi connectivity index (χ4v) is 7.07. The predicted molar refractivity (Wildman–Crippen MR) is 167 cm³/mol. The lowest BCUT2D eigenvalue weighted by Gasteiger charge is -2.44. The molecule has 4 rings (SSSR count). The van der Waals surface area contributed by atoms with Gasteiger partial charge in [0, 0.05) is 10.8 Å². The number of aryl methyl sites for hydroxylation is 6. The molecule has 2 unspecified atom stereocenters. The Labute approximate surface area is 241 Å². The van der Waals surface area contributed by atoms with Crippen LogP contribution in [0, 0.1) is 40.5 Å².